The van der Waals surface area contributed by atoms with Gasteiger partial charge in [0.15, 0.2) is 11.5 Å². The van der Waals surface area contributed by atoms with Crippen LogP contribution in [0.2, 0.25) is 0 Å². The first-order valence-electron chi connectivity index (χ1n) is 10.7. The maximum Gasteiger partial charge on any atom is 0.243 e. The van der Waals surface area contributed by atoms with Crippen LogP contribution in [0.1, 0.15) is 31.4 Å². The normalized spacial score (nSPS) is 18.1. The lowest BCUT2D eigenvalue weighted by Gasteiger charge is -2.31. The van der Waals surface area contributed by atoms with Crippen molar-refractivity contribution in [1.29, 1.82) is 0 Å². The maximum absolute atomic E-state index is 12.9. The fraction of sp³-hybridized carbons (Fsp3) is 0.435. The Kier molecular flexibility index (Phi) is 6.57. The van der Waals surface area contributed by atoms with Crippen LogP contribution in [0.4, 0.5) is 0 Å². The van der Waals surface area contributed by atoms with Crippen LogP contribution < -0.4 is 19.5 Å². The molecule has 9 heteroatoms. The van der Waals surface area contributed by atoms with Crippen LogP contribution in [-0.4, -0.2) is 52.0 Å². The van der Waals surface area contributed by atoms with E-state index < -0.39 is 10.0 Å². The predicted octanol–water partition coefficient (Wildman–Crippen LogP) is 2.74. The lowest BCUT2D eigenvalue weighted by Crippen LogP contribution is -2.43. The Balaban J connectivity index is 1.34. The number of piperidine rings is 1. The van der Waals surface area contributed by atoms with Gasteiger partial charge in [-0.1, -0.05) is 6.07 Å². The highest BCUT2D eigenvalue weighted by Crippen LogP contribution is 2.33. The Hall–Kier alpha value is -2.78. The summed E-state index contributed by atoms with van der Waals surface area (Å²) < 4.78 is 43.5. The number of hydrogen-bond donors (Lipinski definition) is 1. The van der Waals surface area contributed by atoms with Gasteiger partial charge in [-0.15, -0.1) is 0 Å². The van der Waals surface area contributed by atoms with Crippen LogP contribution in [0.25, 0.3) is 0 Å². The molecule has 0 radical (unpaired) electrons. The predicted molar refractivity (Wildman–Crippen MR) is 118 cm³/mol. The number of carbonyl (C=O) groups excluding carboxylic acids is 1. The third-order valence-electron chi connectivity index (χ3n) is 5.95. The first-order chi connectivity index (χ1) is 15.4. The van der Waals surface area contributed by atoms with Gasteiger partial charge in [-0.2, -0.15) is 4.31 Å². The zero-order valence-corrected chi connectivity index (χ0v) is 19.1. The van der Waals surface area contributed by atoms with Crippen LogP contribution in [0.5, 0.6) is 17.2 Å². The molecular weight excluding hydrogens is 432 g/mol. The molecule has 1 saturated heterocycles. The molecule has 0 saturated carbocycles. The van der Waals surface area contributed by atoms with Gasteiger partial charge in [-0.3, -0.25) is 4.79 Å². The van der Waals surface area contributed by atoms with E-state index in [0.29, 0.717) is 56.4 Å². The van der Waals surface area contributed by atoms with E-state index in [0.717, 1.165) is 5.56 Å². The maximum atomic E-state index is 12.9. The quantitative estimate of drug-likeness (QED) is 0.713. The van der Waals surface area contributed by atoms with Gasteiger partial charge in [-0.25, -0.2) is 8.42 Å². The van der Waals surface area contributed by atoms with Crippen LogP contribution >= 0.6 is 0 Å². The summed E-state index contributed by atoms with van der Waals surface area (Å²) in [6.07, 6.45) is 0.962. The minimum atomic E-state index is -3.59. The molecule has 1 atom stereocenters. The highest BCUT2D eigenvalue weighted by atomic mass is 32.2. The summed E-state index contributed by atoms with van der Waals surface area (Å²) >= 11 is 0. The number of nitrogens with one attached hydrogen (secondary N) is 1. The molecule has 2 aliphatic rings. The molecule has 0 unspecified atom stereocenters. The average molecular weight is 461 g/mol. The minimum absolute atomic E-state index is 0.0612. The van der Waals surface area contributed by atoms with E-state index in [1.165, 1.54) is 11.4 Å². The molecular formula is C23H28N2O6S. The van der Waals surface area contributed by atoms with Crippen LogP contribution in [0.15, 0.2) is 47.4 Å². The Morgan fingerprint density at radius 3 is 2.38 bits per heavy atom. The number of benzene rings is 2. The van der Waals surface area contributed by atoms with Crippen molar-refractivity contribution in [1.82, 2.24) is 9.62 Å². The zero-order chi connectivity index (χ0) is 22.7. The van der Waals surface area contributed by atoms with Crippen molar-refractivity contribution in [2.24, 2.45) is 5.92 Å². The molecule has 2 aromatic carbocycles. The summed E-state index contributed by atoms with van der Waals surface area (Å²) in [4.78, 5) is 13.0. The third-order valence-corrected chi connectivity index (χ3v) is 7.86. The molecule has 172 valence electrons. The molecule has 0 spiro atoms. The lowest BCUT2D eigenvalue weighted by molar-refractivity contribution is -0.126. The van der Waals surface area contributed by atoms with E-state index in [4.69, 9.17) is 14.2 Å². The molecule has 0 bridgehead atoms. The average Bonchev–Trinajstić information content (AvgIpc) is 2.83. The number of sulfonamides is 1. The summed E-state index contributed by atoms with van der Waals surface area (Å²) in [5, 5.41) is 3.05. The Morgan fingerprint density at radius 2 is 1.72 bits per heavy atom. The first kappa shape index (κ1) is 22.4. The van der Waals surface area contributed by atoms with Crippen molar-refractivity contribution in [3.63, 3.8) is 0 Å². The number of fused-ring (bicyclic) bond motifs is 1. The molecule has 0 aliphatic carbocycles. The van der Waals surface area contributed by atoms with Crippen LogP contribution in [-0.2, 0) is 14.8 Å². The molecule has 8 nitrogen and oxygen atoms in total. The van der Waals surface area contributed by atoms with Gasteiger partial charge in [-0.05, 0) is 61.7 Å². The SMILES string of the molecule is COc1ccc(S(=O)(=O)N2CCC(C(=O)N[C@@H](C)c3ccc4c(c3)OCCO4)CC2)cc1. The Bertz CT molecular complexity index is 1060. The molecule has 32 heavy (non-hydrogen) atoms. The fourth-order valence-electron chi connectivity index (χ4n) is 4.00. The number of hydrogen-bond acceptors (Lipinski definition) is 6. The first-order valence-corrected chi connectivity index (χ1v) is 12.2. The van der Waals surface area contributed by atoms with E-state index in [1.807, 2.05) is 25.1 Å². The third kappa shape index (κ3) is 4.68. The smallest absolute Gasteiger partial charge is 0.243 e. The molecule has 2 heterocycles. The second-order valence-corrected chi connectivity index (χ2v) is 9.93. The Morgan fingerprint density at radius 1 is 1.06 bits per heavy atom. The molecule has 2 aromatic rings. The highest BCUT2D eigenvalue weighted by Gasteiger charge is 2.32. The van der Waals surface area contributed by atoms with E-state index >= 15 is 0 Å². The number of rotatable bonds is 6. The summed E-state index contributed by atoms with van der Waals surface area (Å²) in [5.74, 6) is 1.72. The molecule has 1 amide bonds. The summed E-state index contributed by atoms with van der Waals surface area (Å²) in [6.45, 7) is 3.59. The van der Waals surface area contributed by atoms with Gasteiger partial charge in [0.1, 0.15) is 19.0 Å². The lowest BCUT2D eigenvalue weighted by atomic mass is 9.96. The van der Waals surface area contributed by atoms with E-state index in [2.05, 4.69) is 5.32 Å². The van der Waals surface area contributed by atoms with Gasteiger partial charge in [0.2, 0.25) is 15.9 Å². The van der Waals surface area contributed by atoms with Gasteiger partial charge >= 0.3 is 0 Å². The molecule has 2 aliphatic heterocycles. The highest BCUT2D eigenvalue weighted by molar-refractivity contribution is 7.89. The largest absolute Gasteiger partial charge is 0.497 e. The number of carbonyl (C=O) groups is 1. The molecule has 1 N–H and O–H groups in total. The summed E-state index contributed by atoms with van der Waals surface area (Å²) in [6, 6.07) is 11.8. The van der Waals surface area contributed by atoms with Crippen LogP contribution in [0.3, 0.4) is 0 Å². The second kappa shape index (κ2) is 9.38. The van der Waals surface area contributed by atoms with Crippen molar-refractivity contribution < 1.29 is 27.4 Å². The van der Waals surface area contributed by atoms with E-state index in [1.54, 1.807) is 24.3 Å². The monoisotopic (exact) mass is 460 g/mol. The van der Waals surface area contributed by atoms with Gasteiger partial charge in [0.05, 0.1) is 18.0 Å². The summed E-state index contributed by atoms with van der Waals surface area (Å²) in [5.41, 5.74) is 0.933. The molecule has 0 aromatic heterocycles. The fourth-order valence-corrected chi connectivity index (χ4v) is 5.47. The standard InChI is InChI=1S/C23H28N2O6S/c1-16(18-3-8-21-22(15-18)31-14-13-30-21)24-23(26)17-9-11-25(12-10-17)32(27,28)20-6-4-19(29-2)5-7-20/h3-8,15-17H,9-14H2,1-2H3,(H,24,26)/t16-/m0/s1. The zero-order valence-electron chi connectivity index (χ0n) is 18.2. The topological polar surface area (TPSA) is 94.2 Å². The van der Waals surface area contributed by atoms with Crippen molar-refractivity contribution in [3.8, 4) is 17.2 Å². The van der Waals surface area contributed by atoms with Gasteiger partial charge < -0.3 is 19.5 Å². The van der Waals surface area contributed by atoms with Crippen molar-refractivity contribution in [2.75, 3.05) is 33.4 Å². The molecule has 1 fully saturated rings. The van der Waals surface area contributed by atoms with Gasteiger partial charge in [0, 0.05) is 19.0 Å². The van der Waals surface area contributed by atoms with E-state index in [-0.39, 0.29) is 22.8 Å². The number of ether oxygens (including phenoxy) is 3. The van der Waals surface area contributed by atoms with E-state index in [9.17, 15) is 13.2 Å². The van der Waals surface area contributed by atoms with Crippen molar-refractivity contribution in [2.45, 2.75) is 30.7 Å². The molecule has 4 rings (SSSR count). The van der Waals surface area contributed by atoms with Crippen molar-refractivity contribution in [3.05, 3.63) is 48.0 Å². The number of methoxy groups -OCH3 is 1. The van der Waals surface area contributed by atoms with Crippen molar-refractivity contribution >= 4 is 15.9 Å². The summed E-state index contributed by atoms with van der Waals surface area (Å²) in [7, 11) is -2.05. The second-order valence-electron chi connectivity index (χ2n) is 7.99. The number of nitrogens with zero attached hydrogens (tertiary/aromatic N) is 1. The minimum Gasteiger partial charge on any atom is -0.497 e. The number of amides is 1. The van der Waals surface area contributed by atoms with Crippen LogP contribution in [0, 0.1) is 5.92 Å². The Labute approximate surface area is 188 Å². The van der Waals surface area contributed by atoms with Gasteiger partial charge in [0.25, 0.3) is 0 Å².